The van der Waals surface area contributed by atoms with E-state index in [1.807, 2.05) is 40.9 Å². The summed E-state index contributed by atoms with van der Waals surface area (Å²) in [6.45, 7) is 8.25. The minimum absolute atomic E-state index is 0.124. The van der Waals surface area contributed by atoms with Gasteiger partial charge in [-0.25, -0.2) is 0 Å². The van der Waals surface area contributed by atoms with E-state index in [-0.39, 0.29) is 11.3 Å². The van der Waals surface area contributed by atoms with Crippen LogP contribution in [0.2, 0.25) is 0 Å². The van der Waals surface area contributed by atoms with E-state index in [0.717, 1.165) is 11.3 Å². The van der Waals surface area contributed by atoms with Gasteiger partial charge in [-0.15, -0.1) is 0 Å². The van der Waals surface area contributed by atoms with Crippen molar-refractivity contribution in [3.05, 3.63) is 17.5 Å². The summed E-state index contributed by atoms with van der Waals surface area (Å²) >= 11 is 0. The number of nitrogens with zero attached hydrogens (tertiary/aromatic N) is 2. The van der Waals surface area contributed by atoms with Crippen LogP contribution in [0.3, 0.4) is 0 Å². The van der Waals surface area contributed by atoms with Crippen LogP contribution in [0.4, 0.5) is 0 Å². The summed E-state index contributed by atoms with van der Waals surface area (Å²) in [6.07, 6.45) is 1.90. The quantitative estimate of drug-likeness (QED) is 0.815. The van der Waals surface area contributed by atoms with Crippen LogP contribution < -0.4 is 11.1 Å². The van der Waals surface area contributed by atoms with Gasteiger partial charge in [-0.05, 0) is 12.3 Å². The van der Waals surface area contributed by atoms with E-state index in [1.54, 1.807) is 4.68 Å². The third kappa shape index (κ3) is 3.56. The van der Waals surface area contributed by atoms with Gasteiger partial charge in [-0.1, -0.05) is 20.8 Å². The van der Waals surface area contributed by atoms with Gasteiger partial charge in [0.2, 0.25) is 5.91 Å². The van der Waals surface area contributed by atoms with Crippen molar-refractivity contribution in [2.45, 2.75) is 40.3 Å². The molecule has 0 saturated heterocycles. The lowest BCUT2D eigenvalue weighted by molar-refractivity contribution is -0.124. The Bertz CT molecular complexity index is 403. The SMILES string of the molecule is Cc1nn(C)cc1CNC(=O)C(N)C(C)(C)C. The molecule has 5 nitrogen and oxygen atoms in total. The second-order valence-electron chi connectivity index (χ2n) is 5.47. The van der Waals surface area contributed by atoms with Gasteiger partial charge in [0.15, 0.2) is 0 Å². The number of carbonyl (C=O) groups excluding carboxylic acids is 1. The molecule has 0 aliphatic rings. The van der Waals surface area contributed by atoms with E-state index in [4.69, 9.17) is 5.73 Å². The van der Waals surface area contributed by atoms with Crippen LogP contribution in [0.15, 0.2) is 6.20 Å². The van der Waals surface area contributed by atoms with Crippen LogP contribution in [0, 0.1) is 12.3 Å². The number of carbonyl (C=O) groups is 1. The van der Waals surface area contributed by atoms with Crippen molar-refractivity contribution in [3.8, 4) is 0 Å². The molecule has 0 fully saturated rings. The number of rotatable bonds is 3. The largest absolute Gasteiger partial charge is 0.351 e. The molecule has 0 aliphatic carbocycles. The van der Waals surface area contributed by atoms with Crippen molar-refractivity contribution in [1.29, 1.82) is 0 Å². The predicted molar refractivity (Wildman–Crippen MR) is 67.2 cm³/mol. The standard InChI is InChI=1S/C12H22N4O/c1-8-9(7-16(5)15-8)6-14-11(17)10(13)12(2,3)4/h7,10H,6,13H2,1-5H3,(H,14,17). The maximum absolute atomic E-state index is 11.8. The normalized spacial score (nSPS) is 13.5. The van der Waals surface area contributed by atoms with Crippen molar-refractivity contribution in [1.82, 2.24) is 15.1 Å². The molecular weight excluding hydrogens is 216 g/mol. The molecule has 1 amide bonds. The van der Waals surface area contributed by atoms with E-state index in [0.29, 0.717) is 6.54 Å². The second kappa shape index (κ2) is 4.87. The molecule has 1 rings (SSSR count). The summed E-state index contributed by atoms with van der Waals surface area (Å²) in [5.74, 6) is -0.124. The molecule has 17 heavy (non-hydrogen) atoms. The average Bonchev–Trinajstić information content (AvgIpc) is 2.51. The van der Waals surface area contributed by atoms with Gasteiger partial charge in [0.05, 0.1) is 11.7 Å². The molecule has 0 bridgehead atoms. The molecule has 0 radical (unpaired) electrons. The van der Waals surface area contributed by atoms with Crippen LogP contribution in [0.25, 0.3) is 0 Å². The van der Waals surface area contributed by atoms with Gasteiger partial charge in [0.25, 0.3) is 0 Å². The molecule has 1 aromatic rings. The molecule has 3 N–H and O–H groups in total. The molecule has 5 heteroatoms. The van der Waals surface area contributed by atoms with E-state index in [1.165, 1.54) is 0 Å². The maximum Gasteiger partial charge on any atom is 0.237 e. The van der Waals surface area contributed by atoms with Gasteiger partial charge in [-0.2, -0.15) is 5.10 Å². The topological polar surface area (TPSA) is 72.9 Å². The molecule has 1 unspecified atom stereocenters. The van der Waals surface area contributed by atoms with Crippen molar-refractivity contribution in [3.63, 3.8) is 0 Å². The lowest BCUT2D eigenvalue weighted by Crippen LogP contribution is -2.48. The molecule has 1 heterocycles. The first kappa shape index (κ1) is 13.7. The third-order valence-electron chi connectivity index (χ3n) is 2.78. The zero-order chi connectivity index (χ0) is 13.2. The minimum Gasteiger partial charge on any atom is -0.351 e. The number of aromatic nitrogens is 2. The highest BCUT2D eigenvalue weighted by atomic mass is 16.2. The zero-order valence-corrected chi connectivity index (χ0v) is 11.2. The first-order valence-electron chi connectivity index (χ1n) is 5.74. The molecule has 96 valence electrons. The molecule has 0 saturated carbocycles. The van der Waals surface area contributed by atoms with Gasteiger partial charge < -0.3 is 11.1 Å². The highest BCUT2D eigenvalue weighted by Gasteiger charge is 2.27. The monoisotopic (exact) mass is 238 g/mol. The number of nitrogens with two attached hydrogens (primary N) is 1. The molecule has 0 spiro atoms. The van der Waals surface area contributed by atoms with Crippen molar-refractivity contribution in [2.24, 2.45) is 18.2 Å². The summed E-state index contributed by atoms with van der Waals surface area (Å²) < 4.78 is 1.74. The predicted octanol–water partition coefficient (Wildman–Crippen LogP) is 0.718. The Morgan fingerprint density at radius 3 is 2.59 bits per heavy atom. The summed E-state index contributed by atoms with van der Waals surface area (Å²) in [5, 5.41) is 7.06. The Morgan fingerprint density at radius 1 is 1.59 bits per heavy atom. The van der Waals surface area contributed by atoms with Crippen LogP contribution in [0.5, 0.6) is 0 Å². The summed E-state index contributed by atoms with van der Waals surface area (Å²) in [6, 6.07) is -0.500. The van der Waals surface area contributed by atoms with Gasteiger partial charge in [0.1, 0.15) is 0 Å². The number of amides is 1. The van der Waals surface area contributed by atoms with Crippen LogP contribution >= 0.6 is 0 Å². The number of aryl methyl sites for hydroxylation is 2. The first-order chi connectivity index (χ1) is 7.71. The van der Waals surface area contributed by atoms with Crippen LogP contribution in [0.1, 0.15) is 32.0 Å². The fourth-order valence-corrected chi connectivity index (χ4v) is 1.51. The molecule has 1 atom stereocenters. The van der Waals surface area contributed by atoms with E-state index in [9.17, 15) is 4.79 Å². The third-order valence-corrected chi connectivity index (χ3v) is 2.78. The fraction of sp³-hybridized carbons (Fsp3) is 0.667. The Hall–Kier alpha value is -1.36. The summed E-state index contributed by atoms with van der Waals surface area (Å²) in [4.78, 5) is 11.8. The molecule has 0 aromatic carbocycles. The highest BCUT2D eigenvalue weighted by Crippen LogP contribution is 2.17. The average molecular weight is 238 g/mol. The molecule has 0 aliphatic heterocycles. The Morgan fingerprint density at radius 2 is 2.18 bits per heavy atom. The second-order valence-corrected chi connectivity index (χ2v) is 5.47. The lowest BCUT2D eigenvalue weighted by atomic mass is 9.87. The number of nitrogens with one attached hydrogen (secondary N) is 1. The van der Waals surface area contributed by atoms with Gasteiger partial charge in [-0.3, -0.25) is 9.48 Å². The van der Waals surface area contributed by atoms with Gasteiger partial charge in [0, 0.05) is 25.4 Å². The Balaban J connectivity index is 2.57. The molecular formula is C12H22N4O. The Kier molecular flexibility index (Phi) is 3.93. The summed E-state index contributed by atoms with van der Waals surface area (Å²) in [7, 11) is 1.86. The van der Waals surface area contributed by atoms with E-state index < -0.39 is 6.04 Å². The zero-order valence-electron chi connectivity index (χ0n) is 11.2. The Labute approximate surface area is 102 Å². The van der Waals surface area contributed by atoms with E-state index in [2.05, 4.69) is 10.4 Å². The lowest BCUT2D eigenvalue weighted by Gasteiger charge is -2.25. The summed E-state index contributed by atoms with van der Waals surface area (Å²) in [5.41, 5.74) is 7.58. The van der Waals surface area contributed by atoms with Gasteiger partial charge >= 0.3 is 0 Å². The smallest absolute Gasteiger partial charge is 0.237 e. The van der Waals surface area contributed by atoms with Crippen molar-refractivity contribution < 1.29 is 4.79 Å². The fourth-order valence-electron chi connectivity index (χ4n) is 1.51. The number of hydrogen-bond donors (Lipinski definition) is 2. The number of hydrogen-bond acceptors (Lipinski definition) is 3. The van der Waals surface area contributed by atoms with Crippen molar-refractivity contribution in [2.75, 3.05) is 0 Å². The van der Waals surface area contributed by atoms with Crippen LogP contribution in [-0.4, -0.2) is 21.7 Å². The minimum atomic E-state index is -0.500. The first-order valence-corrected chi connectivity index (χ1v) is 5.74. The van der Waals surface area contributed by atoms with Crippen LogP contribution in [-0.2, 0) is 18.4 Å². The maximum atomic E-state index is 11.8. The highest BCUT2D eigenvalue weighted by molar-refractivity contribution is 5.82. The molecule has 1 aromatic heterocycles. The van der Waals surface area contributed by atoms with Crippen molar-refractivity contribution >= 4 is 5.91 Å². The van der Waals surface area contributed by atoms with E-state index >= 15 is 0 Å².